The number of nitrogens with zero attached hydrogens (tertiary/aromatic N) is 2. The molecule has 6 heteroatoms. The van der Waals surface area contributed by atoms with Gasteiger partial charge in [0.2, 0.25) is 5.82 Å². The van der Waals surface area contributed by atoms with Crippen molar-refractivity contribution in [2.75, 3.05) is 0 Å². The van der Waals surface area contributed by atoms with Crippen LogP contribution in [0.3, 0.4) is 0 Å². The molecule has 0 saturated carbocycles. The van der Waals surface area contributed by atoms with Crippen molar-refractivity contribution in [1.82, 2.24) is 9.55 Å². The van der Waals surface area contributed by atoms with Gasteiger partial charge < -0.3 is 0 Å². The summed E-state index contributed by atoms with van der Waals surface area (Å²) in [7, 11) is 0. The van der Waals surface area contributed by atoms with E-state index in [4.69, 9.17) is 0 Å². The molecule has 2 aromatic carbocycles. The zero-order valence-corrected chi connectivity index (χ0v) is 11.3. The van der Waals surface area contributed by atoms with E-state index in [1.165, 1.54) is 12.1 Å². The lowest BCUT2D eigenvalue weighted by molar-refractivity contribution is -0.147. The molecule has 0 amide bonds. The van der Waals surface area contributed by atoms with Gasteiger partial charge in [0.15, 0.2) is 0 Å². The molecule has 0 bridgehead atoms. The molecular weight excluding hydrogens is 293 g/mol. The molecule has 0 aliphatic carbocycles. The van der Waals surface area contributed by atoms with E-state index in [0.717, 1.165) is 0 Å². The molecule has 3 nitrogen and oxygen atoms in total. The maximum atomic E-state index is 13.2. The number of fused-ring (bicyclic) bond motifs is 1. The number of hydrogen-bond donors (Lipinski definition) is 0. The standard InChI is InChI=1S/C16H11F3N2O/c17-16(18,19)15-20-13-9-5-4-8-12(13)14(22)21(15)10-11-6-2-1-3-7-11/h1-9H,10H2. The van der Waals surface area contributed by atoms with Crippen LogP contribution in [0.5, 0.6) is 0 Å². The predicted octanol–water partition coefficient (Wildman–Crippen LogP) is 3.46. The van der Waals surface area contributed by atoms with Crippen LogP contribution in [-0.2, 0) is 12.7 Å². The summed E-state index contributed by atoms with van der Waals surface area (Å²) in [5.74, 6) is -1.18. The highest BCUT2D eigenvalue weighted by Crippen LogP contribution is 2.28. The molecule has 22 heavy (non-hydrogen) atoms. The van der Waals surface area contributed by atoms with Crippen molar-refractivity contribution in [3.05, 3.63) is 76.3 Å². The van der Waals surface area contributed by atoms with Gasteiger partial charge in [-0.25, -0.2) is 4.98 Å². The minimum atomic E-state index is -4.70. The summed E-state index contributed by atoms with van der Waals surface area (Å²) in [6.07, 6.45) is -4.70. The molecule has 0 N–H and O–H groups in total. The summed E-state index contributed by atoms with van der Waals surface area (Å²) >= 11 is 0. The molecule has 1 aromatic heterocycles. The Hall–Kier alpha value is -2.63. The van der Waals surface area contributed by atoms with Crippen LogP contribution in [-0.4, -0.2) is 9.55 Å². The lowest BCUT2D eigenvalue weighted by Gasteiger charge is -2.15. The van der Waals surface area contributed by atoms with E-state index in [-0.39, 0.29) is 17.4 Å². The molecule has 0 radical (unpaired) electrons. The van der Waals surface area contributed by atoms with Crippen molar-refractivity contribution < 1.29 is 13.2 Å². The highest BCUT2D eigenvalue weighted by atomic mass is 19.4. The van der Waals surface area contributed by atoms with E-state index in [2.05, 4.69) is 4.98 Å². The maximum absolute atomic E-state index is 13.2. The Morgan fingerprint density at radius 3 is 2.27 bits per heavy atom. The molecule has 0 aliphatic rings. The van der Waals surface area contributed by atoms with Crippen molar-refractivity contribution in [2.45, 2.75) is 12.7 Å². The largest absolute Gasteiger partial charge is 0.449 e. The Morgan fingerprint density at radius 1 is 0.955 bits per heavy atom. The molecule has 3 rings (SSSR count). The second-order valence-electron chi connectivity index (χ2n) is 4.83. The van der Waals surface area contributed by atoms with Crippen LogP contribution < -0.4 is 5.56 Å². The number of halogens is 3. The van der Waals surface area contributed by atoms with E-state index < -0.39 is 17.6 Å². The second-order valence-corrected chi connectivity index (χ2v) is 4.83. The molecule has 0 spiro atoms. The van der Waals surface area contributed by atoms with E-state index in [1.54, 1.807) is 42.5 Å². The van der Waals surface area contributed by atoms with E-state index in [9.17, 15) is 18.0 Å². The van der Waals surface area contributed by atoms with Gasteiger partial charge in [0.25, 0.3) is 5.56 Å². The first-order valence-electron chi connectivity index (χ1n) is 6.57. The number of alkyl halides is 3. The van der Waals surface area contributed by atoms with Gasteiger partial charge in [-0.3, -0.25) is 9.36 Å². The average Bonchev–Trinajstić information content (AvgIpc) is 2.50. The highest BCUT2D eigenvalue weighted by Gasteiger charge is 2.37. The number of rotatable bonds is 2. The first-order chi connectivity index (χ1) is 10.5. The topological polar surface area (TPSA) is 34.9 Å². The normalized spacial score (nSPS) is 11.8. The molecule has 0 fully saturated rings. The van der Waals surface area contributed by atoms with Crippen molar-refractivity contribution >= 4 is 10.9 Å². The Bertz CT molecular complexity index is 870. The van der Waals surface area contributed by atoms with Gasteiger partial charge in [0.1, 0.15) is 0 Å². The number of aromatic nitrogens is 2. The molecule has 0 unspecified atom stereocenters. The monoisotopic (exact) mass is 304 g/mol. The predicted molar refractivity (Wildman–Crippen MR) is 76.5 cm³/mol. The molecule has 0 saturated heterocycles. The SMILES string of the molecule is O=c1c2ccccc2nc(C(F)(F)F)n1Cc1ccccc1. The van der Waals surface area contributed by atoms with Gasteiger partial charge in [-0.05, 0) is 17.7 Å². The van der Waals surface area contributed by atoms with Crippen LogP contribution in [0.1, 0.15) is 11.4 Å². The molecular formula is C16H11F3N2O. The first-order valence-corrected chi connectivity index (χ1v) is 6.57. The van der Waals surface area contributed by atoms with Gasteiger partial charge in [0.05, 0.1) is 17.4 Å². The van der Waals surface area contributed by atoms with Crippen molar-refractivity contribution in [3.63, 3.8) is 0 Å². The number of para-hydroxylation sites is 1. The fraction of sp³-hybridized carbons (Fsp3) is 0.125. The fourth-order valence-electron chi connectivity index (χ4n) is 2.30. The van der Waals surface area contributed by atoms with Crippen LogP contribution in [0.2, 0.25) is 0 Å². The van der Waals surface area contributed by atoms with Crippen molar-refractivity contribution in [2.24, 2.45) is 0 Å². The van der Waals surface area contributed by atoms with Gasteiger partial charge in [-0.2, -0.15) is 13.2 Å². The Kier molecular flexibility index (Phi) is 3.44. The molecule has 3 aromatic rings. The summed E-state index contributed by atoms with van der Waals surface area (Å²) in [4.78, 5) is 16.1. The fourth-order valence-corrected chi connectivity index (χ4v) is 2.30. The molecule has 0 aliphatic heterocycles. The third kappa shape index (κ3) is 2.59. The smallest absolute Gasteiger partial charge is 0.284 e. The summed E-state index contributed by atoms with van der Waals surface area (Å²) in [5, 5.41) is 0.173. The van der Waals surface area contributed by atoms with E-state index in [1.807, 2.05) is 0 Å². The zero-order valence-electron chi connectivity index (χ0n) is 11.3. The minimum Gasteiger partial charge on any atom is -0.284 e. The molecule has 0 atom stereocenters. The van der Waals surface area contributed by atoms with Crippen LogP contribution in [0.15, 0.2) is 59.4 Å². The Morgan fingerprint density at radius 2 is 1.59 bits per heavy atom. The van der Waals surface area contributed by atoms with Crippen LogP contribution >= 0.6 is 0 Å². The summed E-state index contributed by atoms with van der Waals surface area (Å²) in [6, 6.07) is 14.6. The summed E-state index contributed by atoms with van der Waals surface area (Å²) in [6.45, 7) is -0.174. The van der Waals surface area contributed by atoms with Crippen molar-refractivity contribution in [1.29, 1.82) is 0 Å². The van der Waals surface area contributed by atoms with Crippen LogP contribution in [0.4, 0.5) is 13.2 Å². The first kappa shape index (κ1) is 14.3. The van der Waals surface area contributed by atoms with Gasteiger partial charge in [0, 0.05) is 0 Å². The third-order valence-electron chi connectivity index (χ3n) is 3.30. The lowest BCUT2D eigenvalue weighted by Crippen LogP contribution is -2.30. The molecule has 1 heterocycles. The summed E-state index contributed by atoms with van der Waals surface area (Å²) < 4.78 is 40.4. The maximum Gasteiger partial charge on any atom is 0.449 e. The van der Waals surface area contributed by atoms with Gasteiger partial charge in [-0.15, -0.1) is 0 Å². The number of benzene rings is 2. The van der Waals surface area contributed by atoms with Gasteiger partial charge in [-0.1, -0.05) is 42.5 Å². The number of hydrogen-bond acceptors (Lipinski definition) is 2. The second kappa shape index (κ2) is 5.29. The van der Waals surface area contributed by atoms with Crippen LogP contribution in [0.25, 0.3) is 10.9 Å². The van der Waals surface area contributed by atoms with E-state index >= 15 is 0 Å². The minimum absolute atomic E-state index is 0.0455. The molecule has 112 valence electrons. The highest BCUT2D eigenvalue weighted by molar-refractivity contribution is 5.77. The summed E-state index contributed by atoms with van der Waals surface area (Å²) in [5.41, 5.74) is -0.0434. The van der Waals surface area contributed by atoms with Crippen molar-refractivity contribution in [3.8, 4) is 0 Å². The van der Waals surface area contributed by atoms with Crippen LogP contribution in [0, 0.1) is 0 Å². The quantitative estimate of drug-likeness (QED) is 0.726. The third-order valence-corrected chi connectivity index (χ3v) is 3.30. The van der Waals surface area contributed by atoms with Gasteiger partial charge >= 0.3 is 6.18 Å². The Labute approximate surface area is 123 Å². The zero-order chi connectivity index (χ0) is 15.7. The average molecular weight is 304 g/mol. The lowest BCUT2D eigenvalue weighted by atomic mass is 10.2. The van der Waals surface area contributed by atoms with E-state index in [0.29, 0.717) is 10.1 Å². The Balaban J connectivity index is 2.26.